The maximum Gasteiger partial charge on any atom is 0.166 e. The van der Waals surface area contributed by atoms with Crippen LogP contribution in [0.15, 0.2) is 47.4 Å². The van der Waals surface area contributed by atoms with Crippen molar-refractivity contribution in [3.05, 3.63) is 59.4 Å². The Kier molecular flexibility index (Phi) is 3.69. The molecule has 0 aliphatic heterocycles. The monoisotopic (exact) mass is 248 g/mol. The van der Waals surface area contributed by atoms with Gasteiger partial charge in [0.15, 0.2) is 11.6 Å². The molecule has 0 aliphatic carbocycles. The first-order valence-electron chi connectivity index (χ1n) is 5.32. The number of benzene rings is 2. The van der Waals surface area contributed by atoms with Crippen molar-refractivity contribution in [3.8, 4) is 5.75 Å². The highest BCUT2D eigenvalue weighted by Gasteiger charge is 2.04. The van der Waals surface area contributed by atoms with Crippen molar-refractivity contribution in [2.75, 3.05) is 0 Å². The van der Waals surface area contributed by atoms with E-state index in [2.05, 4.69) is 12.6 Å². The molecule has 0 amide bonds. The number of ether oxygens (including phenoxy) is 1. The van der Waals surface area contributed by atoms with Gasteiger partial charge in [-0.15, -0.1) is 12.6 Å². The molecular weight excluding hydrogens is 235 g/mol. The van der Waals surface area contributed by atoms with Gasteiger partial charge < -0.3 is 4.74 Å². The van der Waals surface area contributed by atoms with E-state index in [1.54, 1.807) is 12.1 Å². The first-order chi connectivity index (χ1) is 8.16. The zero-order chi connectivity index (χ0) is 12.3. The fourth-order valence-corrected chi connectivity index (χ4v) is 1.72. The van der Waals surface area contributed by atoms with Gasteiger partial charge in [0.2, 0.25) is 0 Å². The molecule has 0 bridgehead atoms. The molecule has 1 nitrogen and oxygen atoms in total. The molecule has 0 heterocycles. The summed E-state index contributed by atoms with van der Waals surface area (Å²) in [6.45, 7) is 2.38. The Balaban J connectivity index is 2.10. The Labute approximate surface area is 106 Å². The maximum atomic E-state index is 13.5. The Hall–Kier alpha value is -1.48. The minimum absolute atomic E-state index is 0.256. The molecule has 0 fully saturated rings. The largest absolute Gasteiger partial charge is 0.486 e. The molecule has 2 aromatic rings. The van der Waals surface area contributed by atoms with Gasteiger partial charge in [0.05, 0.1) is 0 Å². The van der Waals surface area contributed by atoms with Crippen LogP contribution in [0.3, 0.4) is 0 Å². The van der Waals surface area contributed by atoms with Gasteiger partial charge in [0, 0.05) is 4.90 Å². The normalized spacial score (nSPS) is 10.3. The van der Waals surface area contributed by atoms with E-state index in [1.807, 2.05) is 31.2 Å². The Morgan fingerprint density at radius 3 is 2.65 bits per heavy atom. The fraction of sp³-hybridized carbons (Fsp3) is 0.143. The molecule has 2 aromatic carbocycles. The van der Waals surface area contributed by atoms with Gasteiger partial charge >= 0.3 is 0 Å². The molecular formula is C14H13FOS. The maximum absolute atomic E-state index is 13.5. The second-order valence-electron chi connectivity index (χ2n) is 3.83. The van der Waals surface area contributed by atoms with E-state index in [1.165, 1.54) is 6.07 Å². The number of thiol groups is 1. The molecule has 0 radical (unpaired) electrons. The second-order valence-corrected chi connectivity index (χ2v) is 4.35. The predicted octanol–water partition coefficient (Wildman–Crippen LogP) is 4.00. The van der Waals surface area contributed by atoms with Crippen LogP contribution in [0, 0.1) is 12.7 Å². The van der Waals surface area contributed by atoms with Crippen LogP contribution in [0.1, 0.15) is 11.1 Å². The zero-order valence-electron chi connectivity index (χ0n) is 9.48. The molecule has 0 unspecified atom stereocenters. The third-order valence-corrected chi connectivity index (χ3v) is 2.84. The van der Waals surface area contributed by atoms with Gasteiger partial charge in [0.25, 0.3) is 0 Å². The van der Waals surface area contributed by atoms with Crippen LogP contribution < -0.4 is 4.74 Å². The predicted molar refractivity (Wildman–Crippen MR) is 69.2 cm³/mol. The van der Waals surface area contributed by atoms with E-state index in [0.717, 1.165) is 11.1 Å². The lowest BCUT2D eigenvalue weighted by Gasteiger charge is -2.09. The van der Waals surface area contributed by atoms with Gasteiger partial charge in [-0.25, -0.2) is 4.39 Å². The summed E-state index contributed by atoms with van der Waals surface area (Å²) in [4.78, 5) is 0.589. The van der Waals surface area contributed by atoms with Crippen molar-refractivity contribution in [1.29, 1.82) is 0 Å². The van der Waals surface area contributed by atoms with Crippen LogP contribution in [0.4, 0.5) is 4.39 Å². The van der Waals surface area contributed by atoms with Crippen molar-refractivity contribution < 1.29 is 9.13 Å². The number of hydrogen-bond donors (Lipinski definition) is 1. The van der Waals surface area contributed by atoms with Crippen molar-refractivity contribution in [2.45, 2.75) is 18.4 Å². The quantitative estimate of drug-likeness (QED) is 0.808. The standard InChI is InChI=1S/C14H13FOS/c1-10-4-2-3-5-11(10)9-16-14-7-6-12(17)8-13(14)15/h2-8,17H,9H2,1H3. The number of rotatable bonds is 3. The van der Waals surface area contributed by atoms with Crippen LogP contribution in [0.2, 0.25) is 0 Å². The van der Waals surface area contributed by atoms with E-state index < -0.39 is 0 Å². The van der Waals surface area contributed by atoms with Gasteiger partial charge in [0.1, 0.15) is 6.61 Å². The average Bonchev–Trinajstić information content (AvgIpc) is 2.30. The molecule has 0 aliphatic rings. The highest BCUT2D eigenvalue weighted by Crippen LogP contribution is 2.21. The molecule has 17 heavy (non-hydrogen) atoms. The summed E-state index contributed by atoms with van der Waals surface area (Å²) in [6.07, 6.45) is 0. The zero-order valence-corrected chi connectivity index (χ0v) is 10.4. The second kappa shape index (κ2) is 5.23. The average molecular weight is 248 g/mol. The lowest BCUT2D eigenvalue weighted by atomic mass is 10.1. The third-order valence-electron chi connectivity index (χ3n) is 2.56. The van der Waals surface area contributed by atoms with Crippen LogP contribution in [-0.4, -0.2) is 0 Å². The van der Waals surface area contributed by atoms with E-state index in [-0.39, 0.29) is 11.6 Å². The molecule has 88 valence electrons. The molecule has 0 spiro atoms. The first-order valence-corrected chi connectivity index (χ1v) is 5.77. The summed E-state index contributed by atoms with van der Waals surface area (Å²) >= 11 is 4.06. The van der Waals surface area contributed by atoms with Crippen LogP contribution >= 0.6 is 12.6 Å². The number of aryl methyl sites for hydroxylation is 1. The minimum atomic E-state index is -0.383. The van der Waals surface area contributed by atoms with E-state index in [0.29, 0.717) is 11.5 Å². The molecule has 3 heteroatoms. The van der Waals surface area contributed by atoms with Gasteiger partial charge in [-0.05, 0) is 36.2 Å². The van der Waals surface area contributed by atoms with Crippen molar-refractivity contribution >= 4 is 12.6 Å². The van der Waals surface area contributed by atoms with Crippen molar-refractivity contribution in [3.63, 3.8) is 0 Å². The van der Waals surface area contributed by atoms with E-state index >= 15 is 0 Å². The topological polar surface area (TPSA) is 9.23 Å². The molecule has 2 rings (SSSR count). The van der Waals surface area contributed by atoms with Gasteiger partial charge in [-0.2, -0.15) is 0 Å². The lowest BCUT2D eigenvalue weighted by molar-refractivity contribution is 0.289. The molecule has 0 atom stereocenters. The first kappa shape index (κ1) is 12.0. The van der Waals surface area contributed by atoms with Crippen molar-refractivity contribution in [2.24, 2.45) is 0 Å². The fourth-order valence-electron chi connectivity index (χ4n) is 1.53. The van der Waals surface area contributed by atoms with Crippen molar-refractivity contribution in [1.82, 2.24) is 0 Å². The molecule has 0 aromatic heterocycles. The van der Waals surface area contributed by atoms with E-state index in [9.17, 15) is 4.39 Å². The number of halogens is 1. The summed E-state index contributed by atoms with van der Waals surface area (Å²) in [5, 5.41) is 0. The highest BCUT2D eigenvalue weighted by atomic mass is 32.1. The number of hydrogen-bond acceptors (Lipinski definition) is 2. The molecule has 0 saturated carbocycles. The third kappa shape index (κ3) is 3.01. The smallest absolute Gasteiger partial charge is 0.166 e. The van der Waals surface area contributed by atoms with E-state index in [4.69, 9.17) is 4.74 Å². The van der Waals surface area contributed by atoms with Gasteiger partial charge in [-0.3, -0.25) is 0 Å². The SMILES string of the molecule is Cc1ccccc1COc1ccc(S)cc1F. The molecule has 0 saturated heterocycles. The minimum Gasteiger partial charge on any atom is -0.486 e. The summed E-state index contributed by atoms with van der Waals surface area (Å²) in [6, 6.07) is 12.5. The Morgan fingerprint density at radius 1 is 1.18 bits per heavy atom. The van der Waals surface area contributed by atoms with Crippen LogP contribution in [-0.2, 0) is 6.61 Å². The Bertz CT molecular complexity index is 525. The van der Waals surface area contributed by atoms with Crippen LogP contribution in [0.25, 0.3) is 0 Å². The molecule has 0 N–H and O–H groups in total. The summed E-state index contributed by atoms with van der Waals surface area (Å²) in [5.74, 6) is -0.128. The summed E-state index contributed by atoms with van der Waals surface area (Å²) in [5.41, 5.74) is 2.19. The Morgan fingerprint density at radius 2 is 1.94 bits per heavy atom. The highest BCUT2D eigenvalue weighted by molar-refractivity contribution is 7.80. The summed E-state index contributed by atoms with van der Waals surface area (Å²) in [7, 11) is 0. The lowest BCUT2D eigenvalue weighted by Crippen LogP contribution is -1.99. The van der Waals surface area contributed by atoms with Gasteiger partial charge in [-0.1, -0.05) is 24.3 Å². The summed E-state index contributed by atoms with van der Waals surface area (Å²) < 4.78 is 18.9. The van der Waals surface area contributed by atoms with Crippen LogP contribution in [0.5, 0.6) is 5.75 Å².